The predicted octanol–water partition coefficient (Wildman–Crippen LogP) is 2.84. The maximum atomic E-state index is 11.6. The van der Waals surface area contributed by atoms with Crippen LogP contribution in [0.15, 0.2) is 28.4 Å². The van der Waals surface area contributed by atoms with Crippen LogP contribution in [0, 0.1) is 0 Å². The molecule has 84 valence electrons. The van der Waals surface area contributed by atoms with Gasteiger partial charge >= 0.3 is 5.97 Å². The Morgan fingerprint density at radius 1 is 1.44 bits per heavy atom. The molecule has 0 saturated carbocycles. The van der Waals surface area contributed by atoms with Gasteiger partial charge in [-0.05, 0) is 23.6 Å². The summed E-state index contributed by atoms with van der Waals surface area (Å²) in [7, 11) is 1.31. The van der Waals surface area contributed by atoms with Crippen molar-refractivity contribution in [3.63, 3.8) is 0 Å². The van der Waals surface area contributed by atoms with Crippen molar-refractivity contribution in [2.45, 2.75) is 12.8 Å². The molecule has 0 aromatic heterocycles. The smallest absolute Gasteiger partial charge is 0.341 e. The van der Waals surface area contributed by atoms with Crippen LogP contribution in [0.1, 0.15) is 17.5 Å². The number of esters is 1. The van der Waals surface area contributed by atoms with Crippen LogP contribution in [-0.4, -0.2) is 18.2 Å². The number of hydrogen-bond donors (Lipinski definition) is 1. The zero-order valence-electron chi connectivity index (χ0n) is 8.79. The standard InChI is InChI=1S/C12H11BrO3/c1-16-12(15)11-8-3-2-4-9(13)7(8)5-6-10(11)14/h2-4,14H,5-6H2,1H3. The minimum atomic E-state index is -0.489. The number of rotatable bonds is 1. The summed E-state index contributed by atoms with van der Waals surface area (Å²) in [4.78, 5) is 11.6. The van der Waals surface area contributed by atoms with E-state index >= 15 is 0 Å². The molecular weight excluding hydrogens is 272 g/mol. The molecule has 1 aromatic rings. The Bertz CT molecular complexity index is 477. The molecule has 1 aliphatic rings. The van der Waals surface area contributed by atoms with Crippen molar-refractivity contribution in [1.82, 2.24) is 0 Å². The van der Waals surface area contributed by atoms with Crippen LogP contribution in [0.4, 0.5) is 0 Å². The van der Waals surface area contributed by atoms with E-state index in [0.29, 0.717) is 6.42 Å². The highest BCUT2D eigenvalue weighted by atomic mass is 79.9. The fraction of sp³-hybridized carbons (Fsp3) is 0.250. The van der Waals surface area contributed by atoms with E-state index in [2.05, 4.69) is 20.7 Å². The molecule has 0 fully saturated rings. The molecular formula is C12H11BrO3. The third kappa shape index (κ3) is 1.73. The first-order valence-corrected chi connectivity index (χ1v) is 5.72. The minimum Gasteiger partial charge on any atom is -0.511 e. The molecule has 0 radical (unpaired) electrons. The normalized spacial score (nSPS) is 14.6. The van der Waals surface area contributed by atoms with Crippen molar-refractivity contribution in [1.29, 1.82) is 0 Å². The number of ether oxygens (including phenoxy) is 1. The van der Waals surface area contributed by atoms with E-state index in [9.17, 15) is 9.90 Å². The van der Waals surface area contributed by atoms with Gasteiger partial charge in [0.15, 0.2) is 0 Å². The monoisotopic (exact) mass is 282 g/mol. The van der Waals surface area contributed by atoms with E-state index in [1.165, 1.54) is 7.11 Å². The fourth-order valence-corrected chi connectivity index (χ4v) is 2.47. The quantitative estimate of drug-likeness (QED) is 0.806. The summed E-state index contributed by atoms with van der Waals surface area (Å²) in [6, 6.07) is 5.59. The first-order valence-electron chi connectivity index (χ1n) is 4.93. The SMILES string of the molecule is COC(=O)C1=C(O)CCc2c(Br)cccc21. The highest BCUT2D eigenvalue weighted by molar-refractivity contribution is 9.10. The fourth-order valence-electron chi connectivity index (χ4n) is 1.90. The van der Waals surface area contributed by atoms with Crippen LogP contribution < -0.4 is 0 Å². The van der Waals surface area contributed by atoms with Gasteiger partial charge in [0.1, 0.15) is 11.3 Å². The lowest BCUT2D eigenvalue weighted by Crippen LogP contribution is -2.13. The minimum absolute atomic E-state index is 0.109. The summed E-state index contributed by atoms with van der Waals surface area (Å²) in [5.41, 5.74) is 2.08. The van der Waals surface area contributed by atoms with Gasteiger partial charge < -0.3 is 9.84 Å². The average Bonchev–Trinajstić information content (AvgIpc) is 2.28. The van der Waals surface area contributed by atoms with Gasteiger partial charge in [-0.3, -0.25) is 0 Å². The van der Waals surface area contributed by atoms with E-state index in [0.717, 1.165) is 22.0 Å². The van der Waals surface area contributed by atoms with Gasteiger partial charge in [-0.25, -0.2) is 4.79 Å². The molecule has 0 unspecified atom stereocenters. The summed E-state index contributed by atoms with van der Waals surface area (Å²) < 4.78 is 5.64. The molecule has 16 heavy (non-hydrogen) atoms. The summed E-state index contributed by atoms with van der Waals surface area (Å²) >= 11 is 3.44. The van der Waals surface area contributed by atoms with Crippen LogP contribution in [0.25, 0.3) is 5.57 Å². The van der Waals surface area contributed by atoms with Gasteiger partial charge in [-0.2, -0.15) is 0 Å². The third-order valence-electron chi connectivity index (χ3n) is 2.68. The van der Waals surface area contributed by atoms with Gasteiger partial charge in [0, 0.05) is 10.9 Å². The molecule has 3 nitrogen and oxygen atoms in total. The number of carbonyl (C=O) groups excluding carboxylic acids is 1. The van der Waals surface area contributed by atoms with Gasteiger partial charge in [-0.15, -0.1) is 0 Å². The largest absolute Gasteiger partial charge is 0.511 e. The molecule has 0 saturated heterocycles. The second-order valence-corrected chi connectivity index (χ2v) is 4.43. The molecule has 0 atom stereocenters. The van der Waals surface area contributed by atoms with Gasteiger partial charge in [-0.1, -0.05) is 28.1 Å². The number of hydrogen-bond acceptors (Lipinski definition) is 3. The maximum absolute atomic E-state index is 11.6. The van der Waals surface area contributed by atoms with E-state index in [1.807, 2.05) is 18.2 Å². The summed E-state index contributed by atoms with van der Waals surface area (Å²) in [6.45, 7) is 0. The van der Waals surface area contributed by atoms with Crippen molar-refractivity contribution in [3.05, 3.63) is 39.6 Å². The lowest BCUT2D eigenvalue weighted by Gasteiger charge is -2.19. The number of carbonyl (C=O) groups is 1. The van der Waals surface area contributed by atoms with Crippen molar-refractivity contribution in [2.24, 2.45) is 0 Å². The molecule has 0 heterocycles. The Balaban J connectivity index is 2.61. The summed E-state index contributed by atoms with van der Waals surface area (Å²) in [5, 5.41) is 9.77. The maximum Gasteiger partial charge on any atom is 0.341 e. The highest BCUT2D eigenvalue weighted by Crippen LogP contribution is 2.34. The topological polar surface area (TPSA) is 46.5 Å². The van der Waals surface area contributed by atoms with E-state index in [-0.39, 0.29) is 11.3 Å². The number of methoxy groups -OCH3 is 1. The van der Waals surface area contributed by atoms with Crippen LogP contribution >= 0.6 is 15.9 Å². The molecule has 0 amide bonds. The Hall–Kier alpha value is -1.29. The molecule has 0 spiro atoms. The van der Waals surface area contributed by atoms with Gasteiger partial charge in [0.2, 0.25) is 0 Å². The Labute approximate surface area is 102 Å². The lowest BCUT2D eigenvalue weighted by molar-refractivity contribution is -0.133. The summed E-state index contributed by atoms with van der Waals surface area (Å²) in [5.74, 6) is -0.381. The Kier molecular flexibility index (Phi) is 3.01. The number of allylic oxidation sites excluding steroid dienone is 1. The van der Waals surface area contributed by atoms with Crippen LogP contribution in [0.2, 0.25) is 0 Å². The molecule has 1 aromatic carbocycles. The van der Waals surface area contributed by atoms with Gasteiger partial charge in [0.05, 0.1) is 7.11 Å². The molecule has 1 aliphatic carbocycles. The zero-order chi connectivity index (χ0) is 11.7. The molecule has 0 aliphatic heterocycles. The second kappa shape index (κ2) is 4.29. The number of aliphatic hydroxyl groups is 1. The van der Waals surface area contributed by atoms with E-state index in [1.54, 1.807) is 0 Å². The molecule has 2 rings (SSSR count). The number of halogens is 1. The van der Waals surface area contributed by atoms with E-state index < -0.39 is 5.97 Å². The second-order valence-electron chi connectivity index (χ2n) is 3.58. The van der Waals surface area contributed by atoms with Gasteiger partial charge in [0.25, 0.3) is 0 Å². The molecule has 1 N–H and O–H groups in total. The number of fused-ring (bicyclic) bond motifs is 1. The zero-order valence-corrected chi connectivity index (χ0v) is 10.4. The molecule has 4 heteroatoms. The van der Waals surface area contributed by atoms with Crippen molar-refractivity contribution >= 4 is 27.5 Å². The predicted molar refractivity (Wildman–Crippen MR) is 64.0 cm³/mol. The van der Waals surface area contributed by atoms with Crippen molar-refractivity contribution in [2.75, 3.05) is 7.11 Å². The average molecular weight is 283 g/mol. The first-order chi connectivity index (χ1) is 7.65. The third-order valence-corrected chi connectivity index (χ3v) is 3.42. The van der Waals surface area contributed by atoms with Crippen molar-refractivity contribution < 1.29 is 14.6 Å². The van der Waals surface area contributed by atoms with Crippen LogP contribution in [-0.2, 0) is 16.0 Å². The first kappa shape index (κ1) is 11.2. The van der Waals surface area contributed by atoms with Crippen LogP contribution in [0.5, 0.6) is 0 Å². The summed E-state index contributed by atoms with van der Waals surface area (Å²) in [6.07, 6.45) is 1.20. The van der Waals surface area contributed by atoms with Crippen molar-refractivity contribution in [3.8, 4) is 0 Å². The Morgan fingerprint density at radius 3 is 2.88 bits per heavy atom. The Morgan fingerprint density at radius 2 is 2.19 bits per heavy atom. The number of aliphatic hydroxyl groups excluding tert-OH is 1. The molecule has 0 bridgehead atoms. The highest BCUT2D eigenvalue weighted by Gasteiger charge is 2.25. The lowest BCUT2D eigenvalue weighted by atomic mass is 9.89. The van der Waals surface area contributed by atoms with E-state index in [4.69, 9.17) is 0 Å². The number of benzene rings is 1. The van der Waals surface area contributed by atoms with Crippen LogP contribution in [0.3, 0.4) is 0 Å².